The van der Waals surface area contributed by atoms with Crippen molar-refractivity contribution in [1.82, 2.24) is 15.3 Å². The van der Waals surface area contributed by atoms with E-state index in [9.17, 15) is 4.79 Å². The smallest absolute Gasteiger partial charge is 0.271 e. The highest BCUT2D eigenvalue weighted by Gasteiger charge is 2.05. The molecule has 0 spiro atoms. The first kappa shape index (κ1) is 10.9. The van der Waals surface area contributed by atoms with Crippen molar-refractivity contribution in [2.24, 2.45) is 0 Å². The van der Waals surface area contributed by atoms with Crippen molar-refractivity contribution >= 4 is 0 Å². The van der Waals surface area contributed by atoms with E-state index in [-0.39, 0.29) is 5.56 Å². The lowest BCUT2D eigenvalue weighted by Crippen LogP contribution is -2.23. The van der Waals surface area contributed by atoms with E-state index < -0.39 is 0 Å². The second-order valence-electron chi connectivity index (χ2n) is 3.36. The molecule has 2 N–H and O–H groups in total. The fourth-order valence-electron chi connectivity index (χ4n) is 1.40. The maximum Gasteiger partial charge on any atom is 0.271 e. The van der Waals surface area contributed by atoms with Crippen LogP contribution in [0.25, 0.3) is 0 Å². The van der Waals surface area contributed by atoms with Gasteiger partial charge < -0.3 is 10.3 Å². The van der Waals surface area contributed by atoms with Crippen molar-refractivity contribution in [2.45, 2.75) is 33.2 Å². The van der Waals surface area contributed by atoms with Crippen LogP contribution in [0, 0.1) is 6.92 Å². The van der Waals surface area contributed by atoms with Crippen LogP contribution >= 0.6 is 0 Å². The molecule has 78 valence electrons. The van der Waals surface area contributed by atoms with E-state index in [0.717, 1.165) is 24.2 Å². The lowest BCUT2D eigenvalue weighted by Gasteiger charge is -2.05. The Hall–Kier alpha value is -1.16. The van der Waals surface area contributed by atoms with Gasteiger partial charge in [-0.05, 0) is 20.4 Å². The van der Waals surface area contributed by atoms with Crippen LogP contribution in [-0.2, 0) is 13.0 Å². The summed E-state index contributed by atoms with van der Waals surface area (Å²) in [6.07, 6.45) is 1.90. The van der Waals surface area contributed by atoms with Crippen molar-refractivity contribution < 1.29 is 0 Å². The lowest BCUT2D eigenvalue weighted by atomic mass is 10.2. The number of H-pyrrole nitrogens is 1. The molecule has 0 aliphatic rings. The van der Waals surface area contributed by atoms with Gasteiger partial charge in [-0.15, -0.1) is 0 Å². The largest absolute Gasteiger partial charge is 0.323 e. The number of aryl methyl sites for hydroxylation is 2. The summed E-state index contributed by atoms with van der Waals surface area (Å²) in [5, 5.41) is 2.92. The molecule has 0 atom stereocenters. The molecule has 0 amide bonds. The summed E-state index contributed by atoms with van der Waals surface area (Å²) in [5.41, 5.74) is 2.37. The Balaban J connectivity index is 3.04. The first-order valence-corrected chi connectivity index (χ1v) is 4.92. The predicted octanol–water partition coefficient (Wildman–Crippen LogP) is 0.750. The second-order valence-corrected chi connectivity index (χ2v) is 3.36. The van der Waals surface area contributed by atoms with Crippen molar-refractivity contribution in [3.05, 3.63) is 27.4 Å². The minimum atomic E-state index is -0.0756. The molecular formula is C10H17N3O. The Labute approximate surface area is 83.8 Å². The summed E-state index contributed by atoms with van der Waals surface area (Å²) < 4.78 is 0. The van der Waals surface area contributed by atoms with E-state index in [0.29, 0.717) is 12.2 Å². The van der Waals surface area contributed by atoms with Gasteiger partial charge in [0.1, 0.15) is 5.69 Å². The SMILES string of the molecule is CCCc1[nH]c(=O)c(CNC)nc1C. The van der Waals surface area contributed by atoms with Gasteiger partial charge in [-0.1, -0.05) is 13.3 Å². The van der Waals surface area contributed by atoms with Gasteiger partial charge in [0.05, 0.1) is 5.69 Å². The van der Waals surface area contributed by atoms with Gasteiger partial charge >= 0.3 is 0 Å². The fraction of sp³-hybridized carbons (Fsp3) is 0.600. The number of hydrogen-bond donors (Lipinski definition) is 2. The topological polar surface area (TPSA) is 57.8 Å². The van der Waals surface area contributed by atoms with Crippen LogP contribution in [0.5, 0.6) is 0 Å². The van der Waals surface area contributed by atoms with Gasteiger partial charge in [0.2, 0.25) is 0 Å². The molecule has 0 radical (unpaired) electrons. The molecule has 0 saturated carbocycles. The van der Waals surface area contributed by atoms with Gasteiger partial charge in [0.15, 0.2) is 0 Å². The lowest BCUT2D eigenvalue weighted by molar-refractivity contribution is 0.749. The normalized spacial score (nSPS) is 10.5. The molecule has 0 fully saturated rings. The summed E-state index contributed by atoms with van der Waals surface area (Å²) >= 11 is 0. The molecule has 0 saturated heterocycles. The molecule has 1 rings (SSSR count). The van der Waals surface area contributed by atoms with E-state index in [1.807, 2.05) is 6.92 Å². The van der Waals surface area contributed by atoms with E-state index in [1.54, 1.807) is 7.05 Å². The standard InChI is InChI=1S/C10H17N3O/c1-4-5-8-7(2)12-9(6-11-3)10(14)13-8/h11H,4-6H2,1-3H3,(H,13,14). The first-order chi connectivity index (χ1) is 6.69. The predicted molar refractivity (Wildman–Crippen MR) is 56.4 cm³/mol. The molecule has 1 aromatic rings. The monoisotopic (exact) mass is 195 g/mol. The molecule has 1 heterocycles. The van der Waals surface area contributed by atoms with Gasteiger partial charge in [0.25, 0.3) is 5.56 Å². The average Bonchev–Trinajstić information content (AvgIpc) is 2.14. The summed E-state index contributed by atoms with van der Waals surface area (Å²) in [6, 6.07) is 0. The summed E-state index contributed by atoms with van der Waals surface area (Å²) in [7, 11) is 1.80. The number of nitrogens with one attached hydrogen (secondary N) is 2. The average molecular weight is 195 g/mol. The highest BCUT2D eigenvalue weighted by atomic mass is 16.1. The van der Waals surface area contributed by atoms with Gasteiger partial charge in [-0.3, -0.25) is 4.79 Å². The van der Waals surface area contributed by atoms with Crippen LogP contribution in [0.3, 0.4) is 0 Å². The van der Waals surface area contributed by atoms with Crippen LogP contribution in [0.15, 0.2) is 4.79 Å². The van der Waals surface area contributed by atoms with E-state index in [4.69, 9.17) is 0 Å². The second kappa shape index (κ2) is 4.91. The van der Waals surface area contributed by atoms with Crippen molar-refractivity contribution in [3.8, 4) is 0 Å². The zero-order chi connectivity index (χ0) is 10.6. The van der Waals surface area contributed by atoms with Crippen LogP contribution < -0.4 is 10.9 Å². The Morgan fingerprint density at radius 2 is 2.21 bits per heavy atom. The molecule has 0 aromatic carbocycles. The van der Waals surface area contributed by atoms with Gasteiger partial charge in [-0.2, -0.15) is 0 Å². The maximum atomic E-state index is 11.5. The minimum Gasteiger partial charge on any atom is -0.323 e. The number of aromatic amines is 1. The molecular weight excluding hydrogens is 178 g/mol. The Morgan fingerprint density at radius 3 is 2.79 bits per heavy atom. The van der Waals surface area contributed by atoms with Gasteiger partial charge in [-0.25, -0.2) is 4.98 Å². The molecule has 0 bridgehead atoms. The summed E-state index contributed by atoms with van der Waals surface area (Å²) in [4.78, 5) is 18.6. The zero-order valence-electron chi connectivity index (χ0n) is 8.98. The van der Waals surface area contributed by atoms with E-state index >= 15 is 0 Å². The summed E-state index contributed by atoms with van der Waals surface area (Å²) in [6.45, 7) is 4.53. The highest BCUT2D eigenvalue weighted by molar-refractivity contribution is 5.12. The Kier molecular flexibility index (Phi) is 3.83. The molecule has 0 unspecified atom stereocenters. The minimum absolute atomic E-state index is 0.0756. The van der Waals surface area contributed by atoms with Crippen molar-refractivity contribution in [3.63, 3.8) is 0 Å². The van der Waals surface area contributed by atoms with E-state index in [2.05, 4.69) is 22.2 Å². The van der Waals surface area contributed by atoms with Crippen molar-refractivity contribution in [2.75, 3.05) is 7.05 Å². The first-order valence-electron chi connectivity index (χ1n) is 4.92. The highest BCUT2D eigenvalue weighted by Crippen LogP contribution is 2.02. The number of rotatable bonds is 4. The Morgan fingerprint density at radius 1 is 1.50 bits per heavy atom. The molecule has 4 heteroatoms. The third kappa shape index (κ3) is 2.42. The molecule has 4 nitrogen and oxygen atoms in total. The van der Waals surface area contributed by atoms with E-state index in [1.165, 1.54) is 0 Å². The van der Waals surface area contributed by atoms with Crippen molar-refractivity contribution in [1.29, 1.82) is 0 Å². The number of aromatic nitrogens is 2. The maximum absolute atomic E-state index is 11.5. The third-order valence-electron chi connectivity index (χ3n) is 2.11. The van der Waals surface area contributed by atoms with Crippen LogP contribution in [0.4, 0.5) is 0 Å². The third-order valence-corrected chi connectivity index (χ3v) is 2.11. The zero-order valence-corrected chi connectivity index (χ0v) is 8.98. The molecule has 1 aromatic heterocycles. The van der Waals surface area contributed by atoms with Gasteiger partial charge in [0, 0.05) is 12.2 Å². The Bertz CT molecular complexity index is 357. The molecule has 0 aliphatic heterocycles. The van der Waals surface area contributed by atoms with Crippen LogP contribution in [0.1, 0.15) is 30.4 Å². The summed E-state index contributed by atoms with van der Waals surface area (Å²) in [5.74, 6) is 0. The molecule has 14 heavy (non-hydrogen) atoms. The number of nitrogens with zero attached hydrogens (tertiary/aromatic N) is 1. The number of hydrogen-bond acceptors (Lipinski definition) is 3. The quantitative estimate of drug-likeness (QED) is 0.745. The van der Waals surface area contributed by atoms with Crippen LogP contribution in [-0.4, -0.2) is 17.0 Å². The fourth-order valence-corrected chi connectivity index (χ4v) is 1.40. The molecule has 0 aliphatic carbocycles. The van der Waals surface area contributed by atoms with Crippen LogP contribution in [0.2, 0.25) is 0 Å².